The highest BCUT2D eigenvalue weighted by molar-refractivity contribution is 9.11. The molecule has 3 aromatic rings. The van der Waals surface area contributed by atoms with Crippen LogP contribution in [0.3, 0.4) is 0 Å². The maximum atomic E-state index is 12.7. The Labute approximate surface area is 130 Å². The van der Waals surface area contributed by atoms with E-state index in [4.69, 9.17) is 0 Å². The second-order valence-electron chi connectivity index (χ2n) is 4.79. The van der Waals surface area contributed by atoms with Crippen LogP contribution in [-0.4, -0.2) is 10.8 Å². The van der Waals surface area contributed by atoms with E-state index < -0.39 is 0 Å². The Morgan fingerprint density at radius 3 is 2.85 bits per heavy atom. The topological polar surface area (TPSA) is 32.9 Å². The highest BCUT2D eigenvalue weighted by Gasteiger charge is 2.17. The molecule has 0 amide bonds. The van der Waals surface area contributed by atoms with E-state index in [9.17, 15) is 4.79 Å². The minimum absolute atomic E-state index is 0.0864. The van der Waals surface area contributed by atoms with Crippen molar-refractivity contribution in [1.82, 2.24) is 4.98 Å². The van der Waals surface area contributed by atoms with Gasteiger partial charge in [-0.05, 0) is 46.5 Å². The molecule has 20 heavy (non-hydrogen) atoms. The first kappa shape index (κ1) is 13.6. The van der Waals surface area contributed by atoms with Gasteiger partial charge in [0.25, 0.3) is 0 Å². The minimum atomic E-state index is 0.0864. The molecule has 4 heteroatoms. The van der Waals surface area contributed by atoms with Crippen molar-refractivity contribution in [2.75, 3.05) is 0 Å². The molecule has 0 bridgehead atoms. The second-order valence-corrected chi connectivity index (χ2v) is 7.16. The number of carbonyl (C=O) groups excluding carboxylic acids is 1. The van der Waals surface area contributed by atoms with E-state index in [2.05, 4.69) is 33.9 Å². The number of fused-ring (bicyclic) bond motifs is 1. The van der Waals surface area contributed by atoms with Gasteiger partial charge in [0.2, 0.25) is 5.78 Å². The van der Waals surface area contributed by atoms with E-state index in [1.165, 1.54) is 16.9 Å². The van der Waals surface area contributed by atoms with Gasteiger partial charge in [-0.1, -0.05) is 25.1 Å². The number of halogens is 1. The summed E-state index contributed by atoms with van der Waals surface area (Å²) in [7, 11) is 0. The zero-order valence-electron chi connectivity index (χ0n) is 11.3. The molecule has 0 spiro atoms. The lowest BCUT2D eigenvalue weighted by molar-refractivity contribution is 0.104. The number of thiophene rings is 1. The summed E-state index contributed by atoms with van der Waals surface area (Å²) in [6, 6.07) is 8.06. The molecule has 3 rings (SSSR count). The Morgan fingerprint density at radius 2 is 2.20 bits per heavy atom. The molecule has 2 aromatic heterocycles. The van der Waals surface area contributed by atoms with Crippen molar-refractivity contribution in [3.63, 3.8) is 0 Å². The van der Waals surface area contributed by atoms with Gasteiger partial charge in [0.05, 0.1) is 8.66 Å². The molecule has 1 aromatic carbocycles. The van der Waals surface area contributed by atoms with Crippen molar-refractivity contribution in [3.05, 3.63) is 55.8 Å². The van der Waals surface area contributed by atoms with Crippen LogP contribution in [0.25, 0.3) is 10.9 Å². The van der Waals surface area contributed by atoms with Crippen LogP contribution in [0.5, 0.6) is 0 Å². The molecule has 0 saturated carbocycles. The summed E-state index contributed by atoms with van der Waals surface area (Å²) in [4.78, 5) is 16.7. The summed E-state index contributed by atoms with van der Waals surface area (Å²) in [5, 5.41) is 1.01. The van der Waals surface area contributed by atoms with Crippen LogP contribution < -0.4 is 0 Å². The Bertz CT molecular complexity index is 781. The lowest BCUT2D eigenvalue weighted by atomic mass is 10.0. The number of hydrogen-bond acceptors (Lipinski definition) is 2. The number of benzene rings is 1. The number of carbonyl (C=O) groups is 1. The van der Waals surface area contributed by atoms with Crippen molar-refractivity contribution < 1.29 is 4.79 Å². The van der Waals surface area contributed by atoms with E-state index in [0.717, 1.165) is 37.1 Å². The number of hydrogen-bond donors (Lipinski definition) is 1. The number of aryl methyl sites for hydroxylation is 2. The van der Waals surface area contributed by atoms with Gasteiger partial charge in [0.1, 0.15) is 0 Å². The Hall–Kier alpha value is -1.39. The lowest BCUT2D eigenvalue weighted by Gasteiger charge is -2.00. The van der Waals surface area contributed by atoms with E-state index in [0.29, 0.717) is 0 Å². The van der Waals surface area contributed by atoms with Crippen LogP contribution in [0.15, 0.2) is 34.2 Å². The fourth-order valence-electron chi connectivity index (χ4n) is 2.40. The Kier molecular flexibility index (Phi) is 3.52. The molecule has 0 unspecified atom stereocenters. The highest BCUT2D eigenvalue weighted by atomic mass is 79.9. The predicted octanol–water partition coefficient (Wildman–Crippen LogP) is 5.09. The third-order valence-corrected chi connectivity index (χ3v) is 5.64. The van der Waals surface area contributed by atoms with Crippen LogP contribution in [0.1, 0.15) is 33.3 Å². The molecule has 0 radical (unpaired) electrons. The number of aromatic nitrogens is 1. The smallest absolute Gasteiger partial charge is 0.205 e. The molecular formula is C16H14BrNOS. The summed E-state index contributed by atoms with van der Waals surface area (Å²) in [6.07, 6.45) is 2.78. The SMILES string of the molecule is CCc1cccc2c(C(=O)c3cc(C)c(Br)s3)c[nH]c12. The van der Waals surface area contributed by atoms with E-state index >= 15 is 0 Å². The quantitative estimate of drug-likeness (QED) is 0.657. The fraction of sp³-hybridized carbons (Fsp3) is 0.188. The van der Waals surface area contributed by atoms with Gasteiger partial charge in [-0.3, -0.25) is 4.79 Å². The monoisotopic (exact) mass is 347 g/mol. The normalized spacial score (nSPS) is 11.2. The molecule has 1 N–H and O–H groups in total. The van der Waals surface area contributed by atoms with Crippen molar-refractivity contribution in [2.45, 2.75) is 20.3 Å². The van der Waals surface area contributed by atoms with E-state index in [1.807, 2.05) is 31.3 Å². The third-order valence-electron chi connectivity index (χ3n) is 3.51. The molecule has 0 atom stereocenters. The molecule has 0 saturated heterocycles. The van der Waals surface area contributed by atoms with Gasteiger partial charge in [-0.2, -0.15) is 0 Å². The Balaban J connectivity index is 2.13. The van der Waals surface area contributed by atoms with Gasteiger partial charge in [-0.25, -0.2) is 0 Å². The summed E-state index contributed by atoms with van der Waals surface area (Å²) >= 11 is 4.97. The summed E-state index contributed by atoms with van der Waals surface area (Å²) in [5.41, 5.74) is 4.17. The van der Waals surface area contributed by atoms with Crippen molar-refractivity contribution in [3.8, 4) is 0 Å². The van der Waals surface area contributed by atoms with Crippen LogP contribution in [-0.2, 0) is 6.42 Å². The van der Waals surface area contributed by atoms with Gasteiger partial charge < -0.3 is 4.98 Å². The maximum Gasteiger partial charge on any atom is 0.205 e. The number of H-pyrrole nitrogens is 1. The molecule has 0 aliphatic heterocycles. The van der Waals surface area contributed by atoms with Crippen LogP contribution in [0.4, 0.5) is 0 Å². The van der Waals surface area contributed by atoms with Gasteiger partial charge in [0.15, 0.2) is 0 Å². The van der Waals surface area contributed by atoms with Crippen molar-refractivity contribution in [2.24, 2.45) is 0 Å². The number of aromatic amines is 1. The van der Waals surface area contributed by atoms with Gasteiger partial charge >= 0.3 is 0 Å². The average Bonchev–Trinajstić information content (AvgIpc) is 3.02. The third kappa shape index (κ3) is 2.13. The predicted molar refractivity (Wildman–Crippen MR) is 87.9 cm³/mol. The van der Waals surface area contributed by atoms with E-state index in [1.54, 1.807) is 0 Å². The van der Waals surface area contributed by atoms with Gasteiger partial charge in [-0.15, -0.1) is 11.3 Å². The van der Waals surface area contributed by atoms with E-state index in [-0.39, 0.29) is 5.78 Å². The maximum absolute atomic E-state index is 12.7. The minimum Gasteiger partial charge on any atom is -0.360 e. The first-order valence-corrected chi connectivity index (χ1v) is 8.12. The molecule has 0 aliphatic carbocycles. The molecular weight excluding hydrogens is 334 g/mol. The van der Waals surface area contributed by atoms with Gasteiger partial charge in [0, 0.05) is 22.7 Å². The lowest BCUT2D eigenvalue weighted by Crippen LogP contribution is -1.97. The van der Waals surface area contributed by atoms with Crippen molar-refractivity contribution in [1.29, 1.82) is 0 Å². The standard InChI is InChI=1S/C16H14BrNOS/c1-3-10-5-4-6-11-12(8-18-14(10)11)15(19)13-7-9(2)16(17)20-13/h4-8,18H,3H2,1-2H3. The van der Waals surface area contributed by atoms with Crippen molar-refractivity contribution >= 4 is 44.0 Å². The summed E-state index contributed by atoms with van der Waals surface area (Å²) in [5.74, 6) is 0.0864. The first-order chi connectivity index (χ1) is 9.61. The average molecular weight is 348 g/mol. The highest BCUT2D eigenvalue weighted by Crippen LogP contribution is 2.31. The zero-order valence-corrected chi connectivity index (χ0v) is 13.7. The fourth-order valence-corrected chi connectivity index (χ4v) is 3.89. The molecule has 2 nitrogen and oxygen atoms in total. The van der Waals surface area contributed by atoms with Crippen LogP contribution >= 0.6 is 27.3 Å². The Morgan fingerprint density at radius 1 is 1.40 bits per heavy atom. The largest absolute Gasteiger partial charge is 0.360 e. The molecule has 0 fully saturated rings. The number of para-hydroxylation sites is 1. The summed E-state index contributed by atoms with van der Waals surface area (Å²) in [6.45, 7) is 4.12. The number of rotatable bonds is 3. The summed E-state index contributed by atoms with van der Waals surface area (Å²) < 4.78 is 1.02. The number of ketones is 1. The first-order valence-electron chi connectivity index (χ1n) is 6.51. The molecule has 102 valence electrons. The molecule has 2 heterocycles. The zero-order chi connectivity index (χ0) is 14.3. The molecule has 0 aliphatic rings. The van der Waals surface area contributed by atoms with Crippen LogP contribution in [0, 0.1) is 6.92 Å². The second kappa shape index (κ2) is 5.19. The number of nitrogens with one attached hydrogen (secondary N) is 1. The van der Waals surface area contributed by atoms with Crippen LogP contribution in [0.2, 0.25) is 0 Å².